The van der Waals surface area contributed by atoms with Crippen LogP contribution in [0, 0.1) is 17.6 Å². The quantitative estimate of drug-likeness (QED) is 0.350. The van der Waals surface area contributed by atoms with Crippen molar-refractivity contribution >= 4 is 11.9 Å². The fourth-order valence-corrected chi connectivity index (χ4v) is 3.65. The predicted octanol–water partition coefficient (Wildman–Crippen LogP) is 5.25. The molecule has 3 aromatic rings. The van der Waals surface area contributed by atoms with Crippen molar-refractivity contribution in [2.45, 2.75) is 39.8 Å². The van der Waals surface area contributed by atoms with E-state index in [2.05, 4.69) is 4.98 Å². The second kappa shape index (κ2) is 12.5. The van der Waals surface area contributed by atoms with Gasteiger partial charge >= 0.3 is 5.97 Å². The number of halogens is 2. The number of aromatic nitrogens is 1. The Bertz CT molecular complexity index is 1320. The van der Waals surface area contributed by atoms with Crippen LogP contribution in [0.2, 0.25) is 0 Å². The Balaban J connectivity index is 2.05. The molecule has 1 aromatic heterocycles. The van der Waals surface area contributed by atoms with Gasteiger partial charge in [-0.2, -0.15) is 4.98 Å². The van der Waals surface area contributed by atoms with Crippen LogP contribution in [-0.2, 0) is 11.3 Å². The van der Waals surface area contributed by atoms with Crippen molar-refractivity contribution in [2.75, 3.05) is 13.6 Å². The first kappa shape index (κ1) is 28.5. The van der Waals surface area contributed by atoms with E-state index < -0.39 is 35.5 Å². The van der Waals surface area contributed by atoms with Gasteiger partial charge in [-0.15, -0.1) is 0 Å². The highest BCUT2D eigenvalue weighted by Gasteiger charge is 2.25. The van der Waals surface area contributed by atoms with Crippen LogP contribution in [0.4, 0.5) is 8.78 Å². The number of carbonyl (C=O) groups is 2. The maximum absolute atomic E-state index is 14.7. The van der Waals surface area contributed by atoms with Crippen molar-refractivity contribution in [2.24, 2.45) is 11.7 Å². The second-order valence-electron chi connectivity index (χ2n) is 9.21. The Hall–Kier alpha value is -4.05. The average molecular weight is 528 g/mol. The van der Waals surface area contributed by atoms with E-state index in [-0.39, 0.29) is 29.6 Å². The lowest BCUT2D eigenvalue weighted by Crippen LogP contribution is -2.29. The number of aliphatic carboxylic acids is 1. The molecule has 1 heterocycles. The molecule has 0 radical (unpaired) electrons. The van der Waals surface area contributed by atoms with Gasteiger partial charge in [-0.1, -0.05) is 32.0 Å². The summed E-state index contributed by atoms with van der Waals surface area (Å²) in [5.74, 6) is -5.22. The third kappa shape index (κ3) is 7.04. The highest BCUT2D eigenvalue weighted by Crippen LogP contribution is 2.32. The molecule has 8 nitrogen and oxygen atoms in total. The van der Waals surface area contributed by atoms with Crippen molar-refractivity contribution in [1.29, 1.82) is 0 Å². The number of hydrogen-bond donors (Lipinski definition) is 2. The number of rotatable bonds is 11. The van der Waals surface area contributed by atoms with E-state index in [0.717, 1.165) is 11.1 Å². The zero-order chi connectivity index (χ0) is 28.0. The first-order valence-corrected chi connectivity index (χ1v) is 12.2. The number of pyridine rings is 1. The summed E-state index contributed by atoms with van der Waals surface area (Å²) in [5.41, 5.74) is 8.28. The molecule has 0 saturated carbocycles. The van der Waals surface area contributed by atoms with E-state index >= 15 is 0 Å². The molecule has 0 aliphatic heterocycles. The summed E-state index contributed by atoms with van der Waals surface area (Å²) < 4.78 is 40.1. The van der Waals surface area contributed by atoms with Crippen molar-refractivity contribution in [3.8, 4) is 28.6 Å². The van der Waals surface area contributed by atoms with Gasteiger partial charge in [0.15, 0.2) is 17.7 Å². The van der Waals surface area contributed by atoms with Gasteiger partial charge in [-0.3, -0.25) is 4.79 Å². The number of carboxylic acid groups (broad SMARTS) is 1. The number of nitrogens with zero attached hydrogens (tertiary/aromatic N) is 2. The molecule has 1 atom stereocenters. The van der Waals surface area contributed by atoms with E-state index in [9.17, 15) is 23.5 Å². The minimum atomic E-state index is -1.39. The van der Waals surface area contributed by atoms with E-state index in [1.807, 2.05) is 31.2 Å². The maximum atomic E-state index is 14.7. The van der Waals surface area contributed by atoms with Crippen molar-refractivity contribution in [3.05, 3.63) is 71.3 Å². The summed E-state index contributed by atoms with van der Waals surface area (Å²) >= 11 is 0. The molecule has 202 valence electrons. The van der Waals surface area contributed by atoms with Gasteiger partial charge in [-0.05, 0) is 60.2 Å². The third-order valence-electron chi connectivity index (χ3n) is 5.77. The lowest BCUT2D eigenvalue weighted by atomic mass is 10.00. The molecule has 0 bridgehead atoms. The van der Waals surface area contributed by atoms with Crippen LogP contribution >= 0.6 is 0 Å². The monoisotopic (exact) mass is 527 g/mol. The lowest BCUT2D eigenvalue weighted by molar-refractivity contribution is -0.146. The van der Waals surface area contributed by atoms with Gasteiger partial charge < -0.3 is 25.2 Å². The second-order valence-corrected chi connectivity index (χ2v) is 9.21. The zero-order valence-electron chi connectivity index (χ0n) is 21.7. The highest BCUT2D eigenvalue weighted by atomic mass is 19.1. The number of ether oxygens (including phenoxy) is 2. The topological polar surface area (TPSA) is 115 Å². The van der Waals surface area contributed by atoms with Crippen LogP contribution in [0.1, 0.15) is 43.1 Å². The molecular weight excluding hydrogens is 496 g/mol. The minimum absolute atomic E-state index is 0.0620. The molecule has 0 fully saturated rings. The zero-order valence-corrected chi connectivity index (χ0v) is 21.7. The van der Waals surface area contributed by atoms with Crippen molar-refractivity contribution < 1.29 is 33.0 Å². The summed E-state index contributed by atoms with van der Waals surface area (Å²) in [4.78, 5) is 29.8. The predicted molar refractivity (Wildman–Crippen MR) is 138 cm³/mol. The summed E-state index contributed by atoms with van der Waals surface area (Å²) in [7, 11) is 1.64. The molecule has 1 unspecified atom stereocenters. The third-order valence-corrected chi connectivity index (χ3v) is 5.77. The number of benzene rings is 2. The van der Waals surface area contributed by atoms with Gasteiger partial charge in [0.05, 0.1) is 0 Å². The molecule has 0 spiro atoms. The van der Waals surface area contributed by atoms with Crippen LogP contribution in [0.15, 0.2) is 48.5 Å². The Morgan fingerprint density at radius 3 is 2.39 bits per heavy atom. The largest absolute Gasteiger partial charge is 0.479 e. The van der Waals surface area contributed by atoms with E-state index in [1.54, 1.807) is 33.0 Å². The van der Waals surface area contributed by atoms with Gasteiger partial charge in [0.25, 0.3) is 17.7 Å². The number of amides is 1. The molecule has 0 aliphatic carbocycles. The molecule has 0 saturated heterocycles. The van der Waals surface area contributed by atoms with E-state index in [0.29, 0.717) is 24.7 Å². The van der Waals surface area contributed by atoms with Crippen LogP contribution in [0.25, 0.3) is 11.1 Å². The van der Waals surface area contributed by atoms with E-state index in [1.165, 1.54) is 11.0 Å². The van der Waals surface area contributed by atoms with Crippen LogP contribution in [0.5, 0.6) is 17.5 Å². The smallest absolute Gasteiger partial charge is 0.344 e. The number of nitrogens with two attached hydrogens (primary N) is 1. The first-order chi connectivity index (χ1) is 18.0. The van der Waals surface area contributed by atoms with E-state index in [4.69, 9.17) is 15.2 Å². The standard InChI is InChI=1S/C28H31F2N3O5/c1-5-33(4)27(34)20-11-19(18-8-6-7-17(10-18)15-31)12-21(13-20)37-25-22(29)14-23(30)26(32-25)38-24(28(35)36)9-16(2)3/h6-8,10-14,16,24H,5,9,15,31H2,1-4H3,(H,35,36). The Morgan fingerprint density at radius 2 is 1.76 bits per heavy atom. The Labute approximate surface area is 220 Å². The molecule has 2 aromatic carbocycles. The van der Waals surface area contributed by atoms with Gasteiger partial charge in [-0.25, -0.2) is 13.6 Å². The average Bonchev–Trinajstić information content (AvgIpc) is 2.89. The molecule has 38 heavy (non-hydrogen) atoms. The molecule has 3 N–H and O–H groups in total. The number of carboxylic acids is 1. The number of carbonyl (C=O) groups excluding carboxylic acids is 1. The summed E-state index contributed by atoms with van der Waals surface area (Å²) in [5, 5.41) is 9.43. The van der Waals surface area contributed by atoms with Crippen LogP contribution in [0.3, 0.4) is 0 Å². The first-order valence-electron chi connectivity index (χ1n) is 12.2. The van der Waals surface area contributed by atoms with Gasteiger partial charge in [0.2, 0.25) is 0 Å². The molecule has 3 rings (SSSR count). The van der Waals surface area contributed by atoms with Crippen molar-refractivity contribution in [1.82, 2.24) is 9.88 Å². The highest BCUT2D eigenvalue weighted by molar-refractivity contribution is 5.96. The van der Waals surface area contributed by atoms with Gasteiger partial charge in [0.1, 0.15) is 5.75 Å². The molecule has 0 aliphatic rings. The lowest BCUT2D eigenvalue weighted by Gasteiger charge is -2.18. The van der Waals surface area contributed by atoms with Crippen LogP contribution < -0.4 is 15.2 Å². The maximum Gasteiger partial charge on any atom is 0.344 e. The Morgan fingerprint density at radius 1 is 1.05 bits per heavy atom. The Kier molecular flexibility index (Phi) is 9.35. The SMILES string of the molecule is CCN(C)C(=O)c1cc(Oc2nc(OC(CC(C)C)C(=O)O)c(F)cc2F)cc(-c2cccc(CN)c2)c1. The van der Waals surface area contributed by atoms with Crippen molar-refractivity contribution in [3.63, 3.8) is 0 Å². The number of hydrogen-bond acceptors (Lipinski definition) is 6. The van der Waals surface area contributed by atoms with Crippen LogP contribution in [-0.4, -0.2) is 46.6 Å². The summed E-state index contributed by atoms with van der Waals surface area (Å²) in [6.07, 6.45) is -1.30. The van der Waals surface area contributed by atoms with Gasteiger partial charge in [0, 0.05) is 31.8 Å². The fraction of sp³-hybridized carbons (Fsp3) is 0.321. The summed E-state index contributed by atoms with van der Waals surface area (Å²) in [6, 6.07) is 12.6. The molecular formula is C28H31F2N3O5. The summed E-state index contributed by atoms with van der Waals surface area (Å²) in [6.45, 7) is 6.17. The molecule has 10 heteroatoms. The fourth-order valence-electron chi connectivity index (χ4n) is 3.65. The molecule has 1 amide bonds. The normalized spacial score (nSPS) is 11.8. The minimum Gasteiger partial charge on any atom is -0.479 e.